The summed E-state index contributed by atoms with van der Waals surface area (Å²) >= 11 is 0. The van der Waals surface area contributed by atoms with Gasteiger partial charge >= 0.3 is 0 Å². The van der Waals surface area contributed by atoms with Gasteiger partial charge in [0, 0.05) is 17.1 Å². The Labute approximate surface area is 54.8 Å². The summed E-state index contributed by atoms with van der Waals surface area (Å²) in [6.07, 6.45) is 11.5. The normalized spacial score (nSPS) is 14.9. The van der Waals surface area contributed by atoms with E-state index >= 15 is 0 Å². The van der Waals surface area contributed by atoms with E-state index in [1.54, 1.807) is 0 Å². The quantitative estimate of drug-likeness (QED) is 0.350. The number of hydrogen-bond acceptors (Lipinski definition) is 0. The van der Waals surface area contributed by atoms with Gasteiger partial charge in [0.05, 0.1) is 0 Å². The summed E-state index contributed by atoms with van der Waals surface area (Å²) in [5.41, 5.74) is 0. The zero-order chi connectivity index (χ0) is 4.24. The van der Waals surface area contributed by atoms with Crippen molar-refractivity contribution in [1.82, 2.24) is 0 Å². The molecule has 1 aliphatic rings. The summed E-state index contributed by atoms with van der Waals surface area (Å²) in [5.74, 6) is 0. The topological polar surface area (TPSA) is 0 Å². The average Bonchev–Trinajstić information content (AvgIpc) is 1.72. The molecule has 0 bridgehead atoms. The average molecular weight is 135 g/mol. The predicted octanol–water partition coefficient (Wildman–Crippen LogP) is 1.70. The zero-order valence-corrected chi connectivity index (χ0v) is 5.05. The molecule has 0 aromatic rings. The SMILES string of the molecule is C1=C[CH-]CC=C1.[Fe]. The molecule has 0 spiro atoms. The van der Waals surface area contributed by atoms with E-state index in [-0.39, 0.29) is 17.1 Å². The van der Waals surface area contributed by atoms with E-state index in [9.17, 15) is 0 Å². The molecular formula is C6H7Fe-. The Morgan fingerprint density at radius 1 is 1.29 bits per heavy atom. The smallest absolute Gasteiger partial charge is 0 e. The van der Waals surface area contributed by atoms with Gasteiger partial charge in [-0.25, -0.2) is 18.6 Å². The minimum atomic E-state index is 0. The van der Waals surface area contributed by atoms with Gasteiger partial charge in [0.1, 0.15) is 0 Å². The van der Waals surface area contributed by atoms with Crippen LogP contribution in [-0.2, 0) is 17.1 Å². The van der Waals surface area contributed by atoms with Gasteiger partial charge in [0.2, 0.25) is 0 Å². The molecule has 0 atom stereocenters. The van der Waals surface area contributed by atoms with Crippen LogP contribution in [0.3, 0.4) is 0 Å². The summed E-state index contributed by atoms with van der Waals surface area (Å²) in [6, 6.07) is 0. The molecule has 0 fully saturated rings. The maximum atomic E-state index is 2.12. The molecule has 0 aromatic heterocycles. The van der Waals surface area contributed by atoms with Crippen LogP contribution >= 0.6 is 0 Å². The largest absolute Gasteiger partial charge is 0.228 e. The fourth-order valence-corrected chi connectivity index (χ4v) is 0.457. The van der Waals surface area contributed by atoms with Crippen LogP contribution in [0.2, 0.25) is 0 Å². The van der Waals surface area contributed by atoms with Gasteiger partial charge in [0.15, 0.2) is 0 Å². The van der Waals surface area contributed by atoms with Crippen LogP contribution in [-0.4, -0.2) is 0 Å². The third kappa shape index (κ3) is 2.55. The second-order valence-corrected chi connectivity index (χ2v) is 1.28. The van der Waals surface area contributed by atoms with Crippen LogP contribution in [0.1, 0.15) is 6.42 Å². The van der Waals surface area contributed by atoms with E-state index in [2.05, 4.69) is 24.6 Å². The van der Waals surface area contributed by atoms with Crippen molar-refractivity contribution < 1.29 is 17.1 Å². The minimum absolute atomic E-state index is 0. The number of rotatable bonds is 0. The molecule has 0 heterocycles. The van der Waals surface area contributed by atoms with Gasteiger partial charge in [-0.2, -0.15) is 0 Å². The van der Waals surface area contributed by atoms with Gasteiger partial charge in [0.25, 0.3) is 0 Å². The molecule has 0 saturated heterocycles. The van der Waals surface area contributed by atoms with Crippen LogP contribution in [0.4, 0.5) is 0 Å². The van der Waals surface area contributed by atoms with E-state index in [1.807, 2.05) is 6.08 Å². The molecule has 0 N–H and O–H groups in total. The Morgan fingerprint density at radius 3 is 2.29 bits per heavy atom. The second-order valence-electron chi connectivity index (χ2n) is 1.28. The van der Waals surface area contributed by atoms with Crippen LogP contribution in [0.25, 0.3) is 0 Å². The Kier molecular flexibility index (Phi) is 3.96. The summed E-state index contributed by atoms with van der Waals surface area (Å²) in [5, 5.41) is 0. The number of allylic oxidation sites excluding steroid dienone is 4. The minimum Gasteiger partial charge on any atom is -0.228 e. The summed E-state index contributed by atoms with van der Waals surface area (Å²) < 4.78 is 0. The van der Waals surface area contributed by atoms with E-state index in [1.165, 1.54) is 0 Å². The van der Waals surface area contributed by atoms with E-state index < -0.39 is 0 Å². The van der Waals surface area contributed by atoms with Gasteiger partial charge in [-0.15, -0.1) is 12.2 Å². The van der Waals surface area contributed by atoms with E-state index in [0.29, 0.717) is 0 Å². The van der Waals surface area contributed by atoms with Crippen molar-refractivity contribution in [1.29, 1.82) is 0 Å². The third-order valence-electron chi connectivity index (χ3n) is 0.767. The Balaban J connectivity index is 0.000000360. The number of hydrogen-bond donors (Lipinski definition) is 0. The maximum absolute atomic E-state index is 2.12. The first-order valence-corrected chi connectivity index (χ1v) is 2.15. The van der Waals surface area contributed by atoms with Crippen molar-refractivity contribution in [3.05, 3.63) is 30.7 Å². The van der Waals surface area contributed by atoms with Crippen molar-refractivity contribution in [2.45, 2.75) is 6.42 Å². The third-order valence-corrected chi connectivity index (χ3v) is 0.767. The Bertz CT molecular complexity index is 70.2. The molecule has 0 nitrogen and oxygen atoms in total. The molecule has 0 saturated carbocycles. The first-order chi connectivity index (χ1) is 3.00. The molecule has 0 aliphatic heterocycles. The van der Waals surface area contributed by atoms with Crippen LogP contribution in [0.5, 0.6) is 0 Å². The molecule has 1 aliphatic carbocycles. The van der Waals surface area contributed by atoms with Gasteiger partial charge < -0.3 is 0 Å². The second kappa shape index (κ2) is 4.04. The van der Waals surface area contributed by atoms with Crippen molar-refractivity contribution in [2.75, 3.05) is 0 Å². The fourth-order valence-electron chi connectivity index (χ4n) is 0.457. The van der Waals surface area contributed by atoms with E-state index in [0.717, 1.165) is 6.42 Å². The summed E-state index contributed by atoms with van der Waals surface area (Å²) in [7, 11) is 0. The van der Waals surface area contributed by atoms with Crippen molar-refractivity contribution in [2.24, 2.45) is 0 Å². The standard InChI is InChI=1S/C6H7.Fe/c1-2-4-6-5-3-1;/h1-5H,6H2;/q-1;. The fraction of sp³-hybridized carbons (Fsp3) is 0.167. The zero-order valence-electron chi connectivity index (χ0n) is 3.95. The predicted molar refractivity (Wildman–Crippen MR) is 27.2 cm³/mol. The molecule has 40 valence electrons. The maximum Gasteiger partial charge on any atom is 0 e. The van der Waals surface area contributed by atoms with Crippen molar-refractivity contribution in [3.63, 3.8) is 0 Å². The molecule has 1 rings (SSSR count). The molecule has 0 unspecified atom stereocenters. The van der Waals surface area contributed by atoms with Crippen molar-refractivity contribution in [3.8, 4) is 0 Å². The monoisotopic (exact) mass is 135 g/mol. The van der Waals surface area contributed by atoms with Gasteiger partial charge in [-0.1, -0.05) is 6.42 Å². The van der Waals surface area contributed by atoms with E-state index in [4.69, 9.17) is 0 Å². The van der Waals surface area contributed by atoms with Crippen LogP contribution in [0.15, 0.2) is 24.3 Å². The Hall–Kier alpha value is -0.131. The van der Waals surface area contributed by atoms with Gasteiger partial charge in [-0.05, 0) is 0 Å². The first-order valence-electron chi connectivity index (χ1n) is 2.15. The molecule has 7 heavy (non-hydrogen) atoms. The van der Waals surface area contributed by atoms with Crippen LogP contribution in [0, 0.1) is 6.42 Å². The van der Waals surface area contributed by atoms with Crippen molar-refractivity contribution >= 4 is 0 Å². The first kappa shape index (κ1) is 6.87. The van der Waals surface area contributed by atoms with Gasteiger partial charge in [-0.3, -0.25) is 0 Å². The molecule has 0 amide bonds. The molecule has 1 heteroatoms. The summed E-state index contributed by atoms with van der Waals surface area (Å²) in [6.45, 7) is 0. The molecule has 0 aromatic carbocycles. The van der Waals surface area contributed by atoms with Crippen LogP contribution < -0.4 is 0 Å². The Morgan fingerprint density at radius 2 is 2.14 bits per heavy atom. The molecule has 0 radical (unpaired) electrons. The molecular weight excluding hydrogens is 128 g/mol. The summed E-state index contributed by atoms with van der Waals surface area (Å²) in [4.78, 5) is 0.